The van der Waals surface area contributed by atoms with Crippen LogP contribution in [-0.2, 0) is 9.59 Å². The molecule has 0 aliphatic carbocycles. The highest BCUT2D eigenvalue weighted by Gasteiger charge is 2.15. The van der Waals surface area contributed by atoms with Gasteiger partial charge in [0.2, 0.25) is 23.5 Å². The predicted molar refractivity (Wildman–Crippen MR) is 80.6 cm³/mol. The number of nitrogens with one attached hydrogen (secondary N) is 3. The molecular formula is C14H14FN5O4. The second-order valence-electron chi connectivity index (χ2n) is 4.68. The quantitative estimate of drug-likeness (QED) is 0.721. The Hall–Kier alpha value is -3.30. The van der Waals surface area contributed by atoms with E-state index in [1.54, 1.807) is 0 Å². The molecule has 2 rings (SSSR count). The van der Waals surface area contributed by atoms with E-state index in [4.69, 9.17) is 0 Å². The lowest BCUT2D eigenvalue weighted by molar-refractivity contribution is -0.116. The number of carbonyl (C=O) groups excluding carboxylic acids is 3. The molecule has 24 heavy (non-hydrogen) atoms. The van der Waals surface area contributed by atoms with Crippen molar-refractivity contribution in [3.05, 3.63) is 35.6 Å². The summed E-state index contributed by atoms with van der Waals surface area (Å²) in [7, 11) is 0. The Kier molecular flexibility index (Phi) is 5.55. The van der Waals surface area contributed by atoms with Crippen molar-refractivity contribution >= 4 is 29.4 Å². The van der Waals surface area contributed by atoms with Crippen LogP contribution in [0.1, 0.15) is 23.7 Å². The fraction of sp³-hybridized carbons (Fsp3) is 0.214. The minimum Gasteiger partial charge on any atom is -0.351 e. The minimum atomic E-state index is -0.645. The Morgan fingerprint density at radius 1 is 1.12 bits per heavy atom. The van der Waals surface area contributed by atoms with Gasteiger partial charge in [0, 0.05) is 19.9 Å². The van der Waals surface area contributed by atoms with Crippen LogP contribution in [0.3, 0.4) is 0 Å². The fourth-order valence-electron chi connectivity index (χ4n) is 1.74. The molecule has 3 N–H and O–H groups in total. The van der Waals surface area contributed by atoms with Crippen LogP contribution in [0.25, 0.3) is 0 Å². The van der Waals surface area contributed by atoms with Gasteiger partial charge in [0.1, 0.15) is 5.82 Å². The van der Waals surface area contributed by atoms with Gasteiger partial charge in [-0.2, -0.15) is 0 Å². The SMILES string of the molecule is CC(=O)Nc1nonc1NC(=O)CCNC(=O)c1ccccc1F. The fourth-order valence-corrected chi connectivity index (χ4v) is 1.74. The van der Waals surface area contributed by atoms with Crippen molar-refractivity contribution in [1.29, 1.82) is 0 Å². The van der Waals surface area contributed by atoms with Crippen molar-refractivity contribution < 1.29 is 23.4 Å². The predicted octanol–water partition coefficient (Wildman–Crippen LogP) is 0.926. The van der Waals surface area contributed by atoms with Gasteiger partial charge in [-0.3, -0.25) is 14.4 Å². The van der Waals surface area contributed by atoms with E-state index >= 15 is 0 Å². The second kappa shape index (κ2) is 7.81. The van der Waals surface area contributed by atoms with E-state index in [9.17, 15) is 18.8 Å². The number of halogens is 1. The topological polar surface area (TPSA) is 126 Å². The number of hydrogen-bond donors (Lipinski definition) is 3. The van der Waals surface area contributed by atoms with Crippen molar-refractivity contribution in [3.8, 4) is 0 Å². The molecule has 0 bridgehead atoms. The minimum absolute atomic E-state index is 0.0141. The summed E-state index contributed by atoms with van der Waals surface area (Å²) in [4.78, 5) is 34.5. The summed E-state index contributed by atoms with van der Waals surface area (Å²) in [6.45, 7) is 1.25. The third-order valence-electron chi connectivity index (χ3n) is 2.80. The average molecular weight is 335 g/mol. The number of hydrogen-bond acceptors (Lipinski definition) is 6. The van der Waals surface area contributed by atoms with Gasteiger partial charge in [-0.05, 0) is 22.4 Å². The molecule has 0 radical (unpaired) electrons. The van der Waals surface area contributed by atoms with Crippen LogP contribution >= 0.6 is 0 Å². The number of amides is 3. The Balaban J connectivity index is 1.82. The van der Waals surface area contributed by atoms with Crippen LogP contribution in [0.2, 0.25) is 0 Å². The highest BCUT2D eigenvalue weighted by Crippen LogP contribution is 2.15. The van der Waals surface area contributed by atoms with Crippen LogP contribution in [-0.4, -0.2) is 34.6 Å². The van der Waals surface area contributed by atoms with Crippen LogP contribution in [0.4, 0.5) is 16.0 Å². The summed E-state index contributed by atoms with van der Waals surface area (Å²) in [5, 5.41) is 14.0. The molecule has 0 unspecified atom stereocenters. The van der Waals surface area contributed by atoms with E-state index in [1.807, 2.05) is 0 Å². The zero-order valence-electron chi connectivity index (χ0n) is 12.6. The maximum absolute atomic E-state index is 13.4. The summed E-state index contributed by atoms with van der Waals surface area (Å²) < 4.78 is 17.8. The second-order valence-corrected chi connectivity index (χ2v) is 4.68. The van der Waals surface area contributed by atoms with Gasteiger partial charge in [0.15, 0.2) is 0 Å². The first-order chi connectivity index (χ1) is 11.5. The van der Waals surface area contributed by atoms with Gasteiger partial charge >= 0.3 is 0 Å². The molecule has 0 atom stereocenters. The molecule has 3 amide bonds. The molecule has 1 aromatic carbocycles. The molecule has 1 aromatic heterocycles. The number of anilines is 2. The lowest BCUT2D eigenvalue weighted by Crippen LogP contribution is -2.28. The lowest BCUT2D eigenvalue weighted by Gasteiger charge is -2.06. The monoisotopic (exact) mass is 335 g/mol. The summed E-state index contributed by atoms with van der Waals surface area (Å²) in [5.41, 5.74) is -0.105. The average Bonchev–Trinajstić information content (AvgIpc) is 2.93. The largest absolute Gasteiger partial charge is 0.351 e. The first-order valence-electron chi connectivity index (χ1n) is 6.90. The molecule has 1 heterocycles. The maximum Gasteiger partial charge on any atom is 0.254 e. The van der Waals surface area contributed by atoms with E-state index in [1.165, 1.54) is 31.2 Å². The van der Waals surface area contributed by atoms with Gasteiger partial charge in [0.05, 0.1) is 5.56 Å². The molecule has 0 fully saturated rings. The molecule has 0 saturated carbocycles. The van der Waals surface area contributed by atoms with Crippen LogP contribution in [0.5, 0.6) is 0 Å². The summed E-state index contributed by atoms with van der Waals surface area (Å²) in [6, 6.07) is 5.51. The molecule has 126 valence electrons. The third-order valence-corrected chi connectivity index (χ3v) is 2.80. The Labute approximate surface area is 135 Å². The first-order valence-corrected chi connectivity index (χ1v) is 6.90. The number of nitrogens with zero attached hydrogens (tertiary/aromatic N) is 2. The molecule has 2 aromatic rings. The third kappa shape index (κ3) is 4.60. The van der Waals surface area contributed by atoms with Crippen LogP contribution < -0.4 is 16.0 Å². The van der Waals surface area contributed by atoms with Gasteiger partial charge in [-0.15, -0.1) is 0 Å². The number of aromatic nitrogens is 2. The summed E-state index contributed by atoms with van der Waals surface area (Å²) in [5.74, 6) is -2.23. The highest BCUT2D eigenvalue weighted by atomic mass is 19.1. The van der Waals surface area contributed by atoms with E-state index in [0.29, 0.717) is 0 Å². The maximum atomic E-state index is 13.4. The van der Waals surface area contributed by atoms with E-state index < -0.39 is 23.5 Å². The Morgan fingerprint density at radius 3 is 2.46 bits per heavy atom. The van der Waals surface area contributed by atoms with Gasteiger partial charge < -0.3 is 16.0 Å². The molecule has 9 nitrogen and oxygen atoms in total. The molecular weight excluding hydrogens is 321 g/mol. The summed E-state index contributed by atoms with van der Waals surface area (Å²) >= 11 is 0. The van der Waals surface area contributed by atoms with Gasteiger partial charge in [-0.25, -0.2) is 9.02 Å². The van der Waals surface area contributed by atoms with Gasteiger partial charge in [0.25, 0.3) is 5.91 Å². The van der Waals surface area contributed by atoms with E-state index in [0.717, 1.165) is 0 Å². The molecule has 0 saturated heterocycles. The van der Waals surface area contributed by atoms with Crippen molar-refractivity contribution in [2.24, 2.45) is 0 Å². The molecule has 0 aliphatic heterocycles. The van der Waals surface area contributed by atoms with Crippen molar-refractivity contribution in [1.82, 2.24) is 15.6 Å². The lowest BCUT2D eigenvalue weighted by atomic mass is 10.2. The molecule has 0 aliphatic rings. The first kappa shape index (κ1) is 17.1. The van der Waals surface area contributed by atoms with Crippen LogP contribution in [0.15, 0.2) is 28.9 Å². The van der Waals surface area contributed by atoms with E-state index in [2.05, 4.69) is 30.9 Å². The van der Waals surface area contributed by atoms with Crippen LogP contribution in [0, 0.1) is 5.82 Å². The smallest absolute Gasteiger partial charge is 0.254 e. The normalized spacial score (nSPS) is 10.1. The Bertz CT molecular complexity index is 761. The van der Waals surface area contributed by atoms with Crippen molar-refractivity contribution in [3.63, 3.8) is 0 Å². The Morgan fingerprint density at radius 2 is 1.79 bits per heavy atom. The number of carbonyl (C=O) groups is 3. The van der Waals surface area contributed by atoms with Gasteiger partial charge in [-0.1, -0.05) is 12.1 Å². The standard InChI is InChI=1S/C14H14FN5O4/c1-8(21)17-12-13(20-24-19-12)18-11(22)6-7-16-14(23)9-4-2-3-5-10(9)15/h2-5H,6-7H2,1H3,(H,16,23)(H,17,19,21)(H,18,20,22). The molecule has 10 heteroatoms. The van der Waals surface area contributed by atoms with Crippen molar-refractivity contribution in [2.45, 2.75) is 13.3 Å². The van der Waals surface area contributed by atoms with E-state index in [-0.39, 0.29) is 30.2 Å². The highest BCUT2D eigenvalue weighted by molar-refractivity contribution is 5.97. The number of benzene rings is 1. The zero-order chi connectivity index (χ0) is 17.5. The zero-order valence-corrected chi connectivity index (χ0v) is 12.6. The molecule has 0 spiro atoms. The summed E-state index contributed by atoms with van der Waals surface area (Å²) in [6.07, 6.45) is -0.0907. The number of rotatable bonds is 6. The van der Waals surface area contributed by atoms with Crippen molar-refractivity contribution in [2.75, 3.05) is 17.2 Å².